The molecule has 0 aliphatic carbocycles. The largest absolute Gasteiger partial charge is 0.328 e. The zero-order valence-corrected chi connectivity index (χ0v) is 12.1. The van der Waals surface area contributed by atoms with E-state index in [1.54, 1.807) is 28.6 Å². The van der Waals surface area contributed by atoms with Crippen LogP contribution in [0.25, 0.3) is 0 Å². The van der Waals surface area contributed by atoms with Crippen LogP contribution in [0.15, 0.2) is 29.2 Å². The van der Waals surface area contributed by atoms with E-state index in [0.717, 1.165) is 25.7 Å². The molecule has 2 N–H and O–H groups in total. The Hall–Kier alpha value is -0.620. The van der Waals surface area contributed by atoms with Crippen molar-refractivity contribution < 1.29 is 8.42 Å². The number of nitrogens with two attached hydrogens (primary N) is 1. The van der Waals surface area contributed by atoms with Crippen LogP contribution in [0.1, 0.15) is 25.7 Å². The van der Waals surface area contributed by atoms with Gasteiger partial charge >= 0.3 is 0 Å². The van der Waals surface area contributed by atoms with Crippen LogP contribution in [0.3, 0.4) is 0 Å². The lowest BCUT2D eigenvalue weighted by molar-refractivity contribution is 0.227. The molecule has 3 rings (SSSR count). The summed E-state index contributed by atoms with van der Waals surface area (Å²) in [6.45, 7) is 0. The molecule has 2 aliphatic heterocycles. The number of rotatable bonds is 2. The Morgan fingerprint density at radius 1 is 1.16 bits per heavy atom. The van der Waals surface area contributed by atoms with Crippen LogP contribution in [0, 0.1) is 0 Å². The molecule has 0 spiro atoms. The number of benzene rings is 1. The molecule has 2 aliphatic rings. The molecule has 19 heavy (non-hydrogen) atoms. The fourth-order valence-electron chi connectivity index (χ4n) is 3.34. The van der Waals surface area contributed by atoms with Crippen molar-refractivity contribution in [3.63, 3.8) is 0 Å². The quantitative estimate of drug-likeness (QED) is 0.908. The topological polar surface area (TPSA) is 63.4 Å². The Bertz CT molecular complexity index is 576. The summed E-state index contributed by atoms with van der Waals surface area (Å²) in [6, 6.07) is 6.83. The van der Waals surface area contributed by atoms with E-state index < -0.39 is 10.0 Å². The van der Waals surface area contributed by atoms with Crippen molar-refractivity contribution >= 4 is 21.6 Å². The van der Waals surface area contributed by atoms with Gasteiger partial charge < -0.3 is 5.73 Å². The second-order valence-corrected chi connectivity index (χ2v) is 7.60. The molecule has 1 aromatic rings. The molecule has 2 bridgehead atoms. The summed E-state index contributed by atoms with van der Waals surface area (Å²) in [5.74, 6) is 0. The molecule has 2 unspecified atom stereocenters. The van der Waals surface area contributed by atoms with Gasteiger partial charge in [-0.15, -0.1) is 0 Å². The zero-order valence-electron chi connectivity index (χ0n) is 10.5. The maximum absolute atomic E-state index is 12.8. The molecule has 1 aromatic carbocycles. The lowest BCUT2D eigenvalue weighted by Gasteiger charge is -2.36. The van der Waals surface area contributed by atoms with E-state index in [2.05, 4.69) is 0 Å². The van der Waals surface area contributed by atoms with Crippen molar-refractivity contribution in [3.05, 3.63) is 29.3 Å². The molecule has 0 aromatic heterocycles. The normalized spacial score (nSPS) is 31.6. The maximum Gasteiger partial charge on any atom is 0.245 e. The summed E-state index contributed by atoms with van der Waals surface area (Å²) < 4.78 is 27.2. The predicted octanol–water partition coefficient (Wildman–Crippen LogP) is 1.98. The van der Waals surface area contributed by atoms with Gasteiger partial charge in [0.25, 0.3) is 0 Å². The molecular weight excluding hydrogens is 284 g/mol. The third-order valence-corrected chi connectivity index (χ3v) is 6.60. The second-order valence-electron chi connectivity index (χ2n) is 5.38. The van der Waals surface area contributed by atoms with E-state index in [0.29, 0.717) is 0 Å². The minimum absolute atomic E-state index is 0.0371. The Morgan fingerprint density at radius 2 is 1.74 bits per heavy atom. The Labute approximate surface area is 118 Å². The van der Waals surface area contributed by atoms with Crippen molar-refractivity contribution in [2.24, 2.45) is 5.73 Å². The summed E-state index contributed by atoms with van der Waals surface area (Å²) in [5, 5.41) is 0.289. The van der Waals surface area contributed by atoms with Crippen LogP contribution in [0.5, 0.6) is 0 Å². The third kappa shape index (κ3) is 2.18. The van der Waals surface area contributed by atoms with Crippen molar-refractivity contribution in [2.75, 3.05) is 0 Å². The Morgan fingerprint density at radius 3 is 2.32 bits per heavy atom. The first kappa shape index (κ1) is 13.4. The molecule has 2 heterocycles. The SMILES string of the molecule is NC1CC2CCC(C1)N2S(=O)(=O)c1ccccc1Cl. The van der Waals surface area contributed by atoms with Gasteiger partial charge in [0.1, 0.15) is 4.90 Å². The Balaban J connectivity index is 2.01. The van der Waals surface area contributed by atoms with Gasteiger partial charge in [-0.1, -0.05) is 23.7 Å². The number of sulfonamides is 1. The second kappa shape index (κ2) is 4.74. The standard InChI is InChI=1S/C13H17ClN2O2S/c14-12-3-1-2-4-13(12)19(17,18)16-10-5-6-11(16)8-9(15)7-10/h1-4,9-11H,5-8,15H2. The van der Waals surface area contributed by atoms with Crippen LogP contribution >= 0.6 is 11.6 Å². The van der Waals surface area contributed by atoms with Crippen LogP contribution in [0.2, 0.25) is 5.02 Å². The fourth-order valence-corrected chi connectivity index (χ4v) is 5.72. The molecule has 104 valence electrons. The minimum atomic E-state index is -3.51. The predicted molar refractivity (Wildman–Crippen MR) is 74.5 cm³/mol. The van der Waals surface area contributed by atoms with Gasteiger partial charge in [-0.25, -0.2) is 8.42 Å². The lowest BCUT2D eigenvalue weighted by Crippen LogP contribution is -2.50. The van der Waals surface area contributed by atoms with Crippen LogP contribution < -0.4 is 5.73 Å². The van der Waals surface area contributed by atoms with Crippen LogP contribution in [0.4, 0.5) is 0 Å². The van der Waals surface area contributed by atoms with Crippen LogP contribution in [-0.4, -0.2) is 30.8 Å². The number of nitrogens with zero attached hydrogens (tertiary/aromatic N) is 1. The number of hydrogen-bond acceptors (Lipinski definition) is 3. The van der Waals surface area contributed by atoms with Gasteiger partial charge in [0, 0.05) is 18.1 Å². The smallest absolute Gasteiger partial charge is 0.245 e. The highest BCUT2D eigenvalue weighted by atomic mass is 35.5. The molecule has 2 saturated heterocycles. The highest BCUT2D eigenvalue weighted by Crippen LogP contribution is 2.40. The molecule has 0 saturated carbocycles. The number of fused-ring (bicyclic) bond motifs is 2. The van der Waals surface area contributed by atoms with Crippen LogP contribution in [-0.2, 0) is 10.0 Å². The Kier molecular flexibility index (Phi) is 3.33. The molecule has 0 amide bonds. The fraction of sp³-hybridized carbons (Fsp3) is 0.538. The lowest BCUT2D eigenvalue weighted by atomic mass is 10.0. The zero-order chi connectivity index (χ0) is 13.6. The first-order chi connectivity index (χ1) is 9.00. The molecule has 2 fully saturated rings. The van der Waals surface area contributed by atoms with E-state index in [1.807, 2.05) is 0 Å². The van der Waals surface area contributed by atoms with Gasteiger partial charge in [0.2, 0.25) is 10.0 Å². The monoisotopic (exact) mass is 300 g/mol. The average Bonchev–Trinajstić information content (AvgIpc) is 2.63. The molecule has 0 radical (unpaired) electrons. The summed E-state index contributed by atoms with van der Waals surface area (Å²) in [7, 11) is -3.51. The van der Waals surface area contributed by atoms with Crippen molar-refractivity contribution in [1.82, 2.24) is 4.31 Å². The van der Waals surface area contributed by atoms with Crippen molar-refractivity contribution in [1.29, 1.82) is 0 Å². The third-order valence-electron chi connectivity index (χ3n) is 4.09. The van der Waals surface area contributed by atoms with E-state index in [-0.39, 0.29) is 28.0 Å². The molecular formula is C13H17ClN2O2S. The van der Waals surface area contributed by atoms with Crippen molar-refractivity contribution in [3.8, 4) is 0 Å². The van der Waals surface area contributed by atoms with E-state index >= 15 is 0 Å². The van der Waals surface area contributed by atoms with Gasteiger partial charge in [0.05, 0.1) is 5.02 Å². The maximum atomic E-state index is 12.8. The number of piperidine rings is 1. The molecule has 4 nitrogen and oxygen atoms in total. The summed E-state index contributed by atoms with van der Waals surface area (Å²) in [6.07, 6.45) is 3.31. The minimum Gasteiger partial charge on any atom is -0.328 e. The highest BCUT2D eigenvalue weighted by Gasteiger charge is 2.46. The summed E-state index contributed by atoms with van der Waals surface area (Å²) in [5.41, 5.74) is 5.98. The first-order valence-electron chi connectivity index (χ1n) is 6.54. The number of hydrogen-bond donors (Lipinski definition) is 1. The van der Waals surface area contributed by atoms with E-state index in [4.69, 9.17) is 17.3 Å². The van der Waals surface area contributed by atoms with Gasteiger partial charge in [-0.2, -0.15) is 4.31 Å². The van der Waals surface area contributed by atoms with Crippen molar-refractivity contribution in [2.45, 2.75) is 48.7 Å². The van der Waals surface area contributed by atoms with Gasteiger partial charge in [0.15, 0.2) is 0 Å². The summed E-state index contributed by atoms with van der Waals surface area (Å²) >= 11 is 6.04. The highest BCUT2D eigenvalue weighted by molar-refractivity contribution is 7.89. The molecule has 2 atom stereocenters. The van der Waals surface area contributed by atoms with E-state index in [1.165, 1.54) is 0 Å². The van der Waals surface area contributed by atoms with Gasteiger partial charge in [-0.05, 0) is 37.8 Å². The van der Waals surface area contributed by atoms with E-state index in [9.17, 15) is 8.42 Å². The first-order valence-corrected chi connectivity index (χ1v) is 8.35. The molecule has 6 heteroatoms. The van der Waals surface area contributed by atoms with Gasteiger partial charge in [-0.3, -0.25) is 0 Å². The average molecular weight is 301 g/mol. The summed E-state index contributed by atoms with van der Waals surface area (Å²) in [4.78, 5) is 0.212. The number of halogens is 1.